The molecule has 4 N–H and O–H groups in total. The van der Waals surface area contributed by atoms with Crippen molar-refractivity contribution in [1.82, 2.24) is 80.8 Å². The fraction of sp³-hybridized carbons (Fsp3) is 0.809. The highest BCUT2D eigenvalue weighted by Gasteiger charge is 2.55. The molecule has 13 atom stereocenters. The molecule has 30 nitrogen and oxygen atoms in total. The summed E-state index contributed by atoms with van der Waals surface area (Å²) in [5.74, 6) is -9.09. The maximum absolute atomic E-state index is 15.4. The van der Waals surface area contributed by atoms with Crippen LogP contribution in [0.1, 0.15) is 169 Å². The van der Waals surface area contributed by atoms with Crippen molar-refractivity contribution in [3.05, 3.63) is 0 Å². The highest BCUT2D eigenvalue weighted by atomic mass is 32.2. The molecule has 0 spiro atoms. The number of hydrogen-bond donors (Lipinski definition) is 4. The number of nitrogens with one attached hydrogen (secondary N) is 4. The third-order valence-corrected chi connectivity index (χ3v) is 20.0. The van der Waals surface area contributed by atoms with Crippen molar-refractivity contribution in [1.29, 1.82) is 0 Å². The SMILES string of the molecule is CC[C@@H]1NC(=O)[C@@H]2[C@@H]([C@H](C)CCCCCSc3nnnn3C)ON2C(=O)[C@H](C(C)C)N(C)C(=O)[C@H](CC(C)C)N(C)C(=O)[C@H](CC(C)C)N(C)C(=O)[C@@H](C)NC(=O)[C@H](C)NC(=O)[C@H](CC(C)C)N(C)C(=O)[C@H](C(C)C)NC(=O)[C@H](C(C)(C)CN(C)C(=O)OC)N(C)C(=O)[C@@H](C)N(C)C1=O. The number of aromatic nitrogens is 4. The van der Waals surface area contributed by atoms with Gasteiger partial charge in [0.05, 0.1) is 7.11 Å². The molecule has 3 rings (SSSR count). The van der Waals surface area contributed by atoms with E-state index in [9.17, 15) is 28.8 Å². The Bertz CT molecular complexity index is 2960. The highest BCUT2D eigenvalue weighted by Crippen LogP contribution is 2.35. The zero-order chi connectivity index (χ0) is 75.7. The standard InChI is InChI=1S/C68H120N16O14S/c1-27-46-61(91)77(19)45(15)60(90)82(24)54(68(16,17)36-76(18)67(96)97-26)58(88)72-50(40(8)9)64(94)78(20)47(33-37(2)3)56(86)69-43(13)55(85)70-44(14)59(89)79(21)48(34-38(4)5)62(92)80(22)49(35-39(6)7)63(93)81(23)51(41(10)11)65(95)84-52(57(87)71-46)53(98-84)42(12)31-29-28-30-32-99-66-73-74-75-83(66)25/h37-54H,27-36H2,1-26H3,(H,69,86)(H,70,85)(H,71,87)(H,72,88)/t42-,43+,44-,45-,46+,47+,48+,49+,50+,51+,52+,53-,54-/m1/s1. The van der Waals surface area contributed by atoms with Gasteiger partial charge in [0.1, 0.15) is 66.5 Å². The quantitative estimate of drug-likeness (QED) is 0.107. The lowest BCUT2D eigenvalue weighted by Crippen LogP contribution is -2.72. The van der Waals surface area contributed by atoms with Crippen molar-refractivity contribution in [2.24, 2.45) is 48.0 Å². The Labute approximate surface area is 591 Å². The van der Waals surface area contributed by atoms with Gasteiger partial charge in [-0.25, -0.2) is 14.5 Å². The van der Waals surface area contributed by atoms with Crippen molar-refractivity contribution in [2.45, 2.75) is 247 Å². The van der Waals surface area contributed by atoms with E-state index in [1.54, 1.807) is 60.2 Å². The van der Waals surface area contributed by atoms with E-state index in [-0.39, 0.29) is 55.9 Å². The van der Waals surface area contributed by atoms with Gasteiger partial charge in [-0.05, 0) is 105 Å². The first-order valence-electron chi connectivity index (χ1n) is 34.9. The van der Waals surface area contributed by atoms with Gasteiger partial charge in [0.25, 0.3) is 5.91 Å². The first-order chi connectivity index (χ1) is 45.9. The van der Waals surface area contributed by atoms with Crippen LogP contribution in [0.2, 0.25) is 0 Å². The summed E-state index contributed by atoms with van der Waals surface area (Å²) in [6.07, 6.45) is 1.70. The summed E-state index contributed by atoms with van der Waals surface area (Å²) >= 11 is 1.52. The molecule has 1 aromatic heterocycles. The number of tetrazole rings is 1. The number of rotatable bonds is 20. The lowest BCUT2D eigenvalue weighted by molar-refractivity contribution is -0.322. The first-order valence-corrected chi connectivity index (χ1v) is 35.9. The van der Waals surface area contributed by atoms with Gasteiger partial charge in [0.15, 0.2) is 6.04 Å². The number of hydroxylamine groups is 2. The number of nitrogens with zero attached hydrogens (tertiary/aromatic N) is 12. The molecular formula is C68H120N16O14S. The van der Waals surface area contributed by atoms with Gasteiger partial charge in [0, 0.05) is 74.1 Å². The topological polar surface area (TPSA) is 341 Å². The van der Waals surface area contributed by atoms with Gasteiger partial charge in [-0.1, -0.05) is 122 Å². The zero-order valence-corrected chi connectivity index (χ0v) is 64.8. The van der Waals surface area contributed by atoms with Gasteiger partial charge in [-0.3, -0.25) is 57.6 Å². The fourth-order valence-electron chi connectivity index (χ4n) is 13.0. The van der Waals surface area contributed by atoms with Gasteiger partial charge >= 0.3 is 6.09 Å². The summed E-state index contributed by atoms with van der Waals surface area (Å²) in [6.45, 7) is 29.0. The van der Waals surface area contributed by atoms with E-state index >= 15 is 28.8 Å². The molecule has 0 aliphatic carbocycles. The van der Waals surface area contributed by atoms with Crippen molar-refractivity contribution in [3.8, 4) is 0 Å². The number of unbranched alkanes of at least 4 members (excludes halogenated alkanes) is 2. The van der Waals surface area contributed by atoms with E-state index in [4.69, 9.17) is 9.57 Å². The maximum atomic E-state index is 15.4. The fourth-order valence-corrected chi connectivity index (χ4v) is 13.8. The second kappa shape index (κ2) is 38.0. The molecule has 0 saturated carbocycles. The Morgan fingerprint density at radius 2 is 1.11 bits per heavy atom. The molecule has 12 amide bonds. The summed E-state index contributed by atoms with van der Waals surface area (Å²) in [5.41, 5.74) is -1.33. The molecule has 3 heterocycles. The van der Waals surface area contributed by atoms with Crippen LogP contribution in [0.25, 0.3) is 0 Å². The Balaban J connectivity index is 2.33. The van der Waals surface area contributed by atoms with Crippen molar-refractivity contribution < 1.29 is 67.1 Å². The van der Waals surface area contributed by atoms with Crippen LogP contribution < -0.4 is 21.3 Å². The van der Waals surface area contributed by atoms with Crippen LogP contribution in [0.5, 0.6) is 0 Å². The number of methoxy groups -OCH3 is 1. The molecular weight excluding hydrogens is 1300 g/mol. The molecule has 2 aliphatic heterocycles. The smallest absolute Gasteiger partial charge is 0.409 e. The lowest BCUT2D eigenvalue weighted by Gasteiger charge is -2.50. The van der Waals surface area contributed by atoms with Gasteiger partial charge in [-0.15, -0.1) is 5.10 Å². The Morgan fingerprint density at radius 1 is 0.586 bits per heavy atom. The van der Waals surface area contributed by atoms with E-state index in [1.165, 1.54) is 113 Å². The molecule has 2 aliphatic rings. The Kier molecular flexibility index (Phi) is 33.0. The van der Waals surface area contributed by atoms with Crippen molar-refractivity contribution >= 4 is 82.8 Å². The number of ether oxygens (including phenoxy) is 1. The van der Waals surface area contributed by atoms with Crippen LogP contribution in [0.3, 0.4) is 0 Å². The highest BCUT2D eigenvalue weighted by molar-refractivity contribution is 7.99. The molecule has 0 bridgehead atoms. The second-order valence-corrected chi connectivity index (χ2v) is 30.9. The van der Waals surface area contributed by atoms with E-state index in [0.29, 0.717) is 11.6 Å². The monoisotopic (exact) mass is 1420 g/mol. The van der Waals surface area contributed by atoms with Crippen LogP contribution in [0.4, 0.5) is 4.79 Å². The zero-order valence-electron chi connectivity index (χ0n) is 64.0. The summed E-state index contributed by atoms with van der Waals surface area (Å²) < 4.78 is 6.59. The Hall–Kier alpha value is -7.18. The van der Waals surface area contributed by atoms with Gasteiger partial charge in [0.2, 0.25) is 64.2 Å². The number of carbonyl (C=O) groups is 12. The summed E-state index contributed by atoms with van der Waals surface area (Å²) in [4.78, 5) is 192. The second-order valence-electron chi connectivity index (χ2n) is 29.8. The van der Waals surface area contributed by atoms with Gasteiger partial charge in [-0.2, -0.15) is 0 Å². The van der Waals surface area contributed by atoms with Crippen LogP contribution in [-0.4, -0.2) is 272 Å². The van der Waals surface area contributed by atoms with Crippen LogP contribution in [-0.2, 0) is 69.4 Å². The van der Waals surface area contributed by atoms with Gasteiger partial charge < -0.3 is 60.3 Å². The number of carbonyl (C=O) groups excluding carboxylic acids is 12. The van der Waals surface area contributed by atoms with E-state index in [1.807, 2.05) is 48.5 Å². The largest absolute Gasteiger partial charge is 0.453 e. The number of hydrogen-bond acceptors (Lipinski definition) is 18. The first kappa shape index (κ1) is 86.0. The summed E-state index contributed by atoms with van der Waals surface area (Å²) in [6, 6.07) is -14.1. The van der Waals surface area contributed by atoms with E-state index in [2.05, 4.69) is 36.8 Å². The lowest BCUT2D eigenvalue weighted by atomic mass is 9.81. The number of aryl methyl sites for hydroxylation is 1. The van der Waals surface area contributed by atoms with Crippen molar-refractivity contribution in [3.63, 3.8) is 0 Å². The van der Waals surface area contributed by atoms with Crippen LogP contribution >= 0.6 is 11.8 Å². The molecule has 0 aromatic carbocycles. The molecule has 31 heteroatoms. The predicted molar refractivity (Wildman–Crippen MR) is 374 cm³/mol. The minimum atomic E-state index is -1.47. The third kappa shape index (κ3) is 22.4. The molecule has 562 valence electrons. The summed E-state index contributed by atoms with van der Waals surface area (Å²) in [7, 11) is 12.9. The van der Waals surface area contributed by atoms with Crippen molar-refractivity contribution in [2.75, 3.05) is 68.7 Å². The molecule has 99 heavy (non-hydrogen) atoms. The number of likely N-dealkylation sites (N-methyl/N-ethyl adjacent to an activating group) is 6. The average Bonchev–Trinajstić information content (AvgIpc) is 1.63. The van der Waals surface area contributed by atoms with E-state index in [0.717, 1.165) is 39.9 Å². The normalized spacial score (nSPS) is 26.3. The van der Waals surface area contributed by atoms with Crippen LogP contribution in [0, 0.1) is 40.9 Å². The molecule has 1 aromatic rings. The molecule has 2 fully saturated rings. The predicted octanol–water partition coefficient (Wildman–Crippen LogP) is 3.57. The maximum Gasteiger partial charge on any atom is 0.409 e. The number of thioether (sulfide) groups is 1. The van der Waals surface area contributed by atoms with Crippen LogP contribution in [0.15, 0.2) is 5.16 Å². The average molecular weight is 1420 g/mol. The number of fused-ring (bicyclic) bond motifs is 1. The molecule has 0 unspecified atom stereocenters. The Morgan fingerprint density at radius 3 is 1.62 bits per heavy atom. The summed E-state index contributed by atoms with van der Waals surface area (Å²) in [5, 5.41) is 24.4. The minimum Gasteiger partial charge on any atom is -0.453 e. The van der Waals surface area contributed by atoms with E-state index < -0.39 is 161 Å². The third-order valence-electron chi connectivity index (χ3n) is 18.9. The molecule has 0 radical (unpaired) electrons. The molecule has 2 saturated heterocycles. The minimum absolute atomic E-state index is 0.0108. The number of amides is 12.